The summed E-state index contributed by atoms with van der Waals surface area (Å²) in [5.74, 6) is 0. The van der Waals surface area contributed by atoms with Gasteiger partial charge in [0.1, 0.15) is 0 Å². The van der Waals surface area contributed by atoms with Crippen LogP contribution in [0.3, 0.4) is 0 Å². The van der Waals surface area contributed by atoms with Crippen LogP contribution >= 0.6 is 0 Å². The van der Waals surface area contributed by atoms with Gasteiger partial charge in [-0.1, -0.05) is 44.2 Å². The van der Waals surface area contributed by atoms with Crippen LogP contribution < -0.4 is 5.73 Å². The average molecular weight is 193 g/mol. The van der Waals surface area contributed by atoms with E-state index in [1.807, 2.05) is 44.2 Å². The normalized spacial score (nSPS) is 14.0. The Morgan fingerprint density at radius 1 is 1.29 bits per heavy atom. The van der Waals surface area contributed by atoms with Crippen LogP contribution in [0.4, 0.5) is 0 Å². The van der Waals surface area contributed by atoms with E-state index < -0.39 is 0 Å². The topological polar surface area (TPSA) is 46.2 Å². The highest BCUT2D eigenvalue weighted by atomic mass is 16.3. The lowest BCUT2D eigenvalue weighted by Gasteiger charge is -2.30. The van der Waals surface area contributed by atoms with Gasteiger partial charge < -0.3 is 10.8 Å². The maximum atomic E-state index is 9.95. The fourth-order valence-corrected chi connectivity index (χ4v) is 1.58. The molecule has 1 rings (SSSR count). The van der Waals surface area contributed by atoms with Gasteiger partial charge in [0.15, 0.2) is 0 Å². The fraction of sp³-hybridized carbons (Fsp3) is 0.500. The molecule has 2 heteroatoms. The van der Waals surface area contributed by atoms with Crippen LogP contribution in [0.1, 0.15) is 25.8 Å². The molecular weight excluding hydrogens is 174 g/mol. The SMILES string of the molecule is CC(C)(c1ccccc1)C(O)CCN. The highest BCUT2D eigenvalue weighted by Gasteiger charge is 2.28. The highest BCUT2D eigenvalue weighted by Crippen LogP contribution is 2.28. The second-order valence-electron chi connectivity index (χ2n) is 4.18. The van der Waals surface area contributed by atoms with E-state index in [2.05, 4.69) is 0 Å². The first kappa shape index (κ1) is 11.2. The minimum Gasteiger partial charge on any atom is -0.392 e. The maximum absolute atomic E-state index is 9.95. The number of hydrogen-bond donors (Lipinski definition) is 2. The molecule has 0 saturated carbocycles. The van der Waals surface area contributed by atoms with Gasteiger partial charge in [0, 0.05) is 5.41 Å². The van der Waals surface area contributed by atoms with Crippen molar-refractivity contribution >= 4 is 0 Å². The van der Waals surface area contributed by atoms with Gasteiger partial charge in [-0.2, -0.15) is 0 Å². The summed E-state index contributed by atoms with van der Waals surface area (Å²) in [6.07, 6.45) is 0.261. The van der Waals surface area contributed by atoms with E-state index in [0.29, 0.717) is 13.0 Å². The predicted molar refractivity (Wildman–Crippen MR) is 59.1 cm³/mol. The van der Waals surface area contributed by atoms with Gasteiger partial charge in [-0.05, 0) is 18.5 Å². The molecule has 0 spiro atoms. The molecule has 1 atom stereocenters. The molecule has 78 valence electrons. The van der Waals surface area contributed by atoms with Crippen molar-refractivity contribution in [2.24, 2.45) is 5.73 Å². The van der Waals surface area contributed by atoms with Gasteiger partial charge in [0.05, 0.1) is 6.10 Å². The van der Waals surface area contributed by atoms with Gasteiger partial charge in [-0.3, -0.25) is 0 Å². The first-order valence-electron chi connectivity index (χ1n) is 5.02. The van der Waals surface area contributed by atoms with Crippen molar-refractivity contribution in [1.29, 1.82) is 0 Å². The number of aliphatic hydroxyl groups excluding tert-OH is 1. The smallest absolute Gasteiger partial charge is 0.0643 e. The Balaban J connectivity index is 2.84. The molecule has 0 radical (unpaired) electrons. The molecule has 0 aliphatic heterocycles. The van der Waals surface area contributed by atoms with Crippen LogP contribution in [0.25, 0.3) is 0 Å². The number of rotatable bonds is 4. The third-order valence-corrected chi connectivity index (χ3v) is 2.79. The minimum atomic E-state index is -0.380. The summed E-state index contributed by atoms with van der Waals surface area (Å²) in [4.78, 5) is 0. The van der Waals surface area contributed by atoms with Crippen molar-refractivity contribution in [3.8, 4) is 0 Å². The minimum absolute atomic E-state index is 0.222. The molecular formula is C12H19NO. The Hall–Kier alpha value is -0.860. The molecule has 0 amide bonds. The zero-order valence-electron chi connectivity index (χ0n) is 8.90. The molecule has 1 aromatic rings. The summed E-state index contributed by atoms with van der Waals surface area (Å²) < 4.78 is 0. The number of aliphatic hydroxyl groups is 1. The lowest BCUT2D eigenvalue weighted by Crippen LogP contribution is -2.35. The molecule has 0 aromatic heterocycles. The molecule has 14 heavy (non-hydrogen) atoms. The highest BCUT2D eigenvalue weighted by molar-refractivity contribution is 5.24. The van der Waals surface area contributed by atoms with Crippen LogP contribution in [-0.2, 0) is 5.41 Å². The summed E-state index contributed by atoms with van der Waals surface area (Å²) in [6.45, 7) is 4.61. The Labute approximate surface area is 85.8 Å². The van der Waals surface area contributed by atoms with Crippen LogP contribution in [0.15, 0.2) is 30.3 Å². The van der Waals surface area contributed by atoms with E-state index >= 15 is 0 Å². The molecule has 2 nitrogen and oxygen atoms in total. The first-order valence-corrected chi connectivity index (χ1v) is 5.02. The van der Waals surface area contributed by atoms with Crippen LogP contribution in [0.5, 0.6) is 0 Å². The van der Waals surface area contributed by atoms with Gasteiger partial charge in [-0.15, -0.1) is 0 Å². The first-order chi connectivity index (χ1) is 6.59. The largest absolute Gasteiger partial charge is 0.392 e. The number of nitrogens with two attached hydrogens (primary N) is 1. The summed E-state index contributed by atoms with van der Waals surface area (Å²) in [5, 5.41) is 9.95. The fourth-order valence-electron chi connectivity index (χ4n) is 1.58. The van der Waals surface area contributed by atoms with E-state index in [4.69, 9.17) is 5.73 Å². The molecule has 1 aromatic carbocycles. The van der Waals surface area contributed by atoms with Crippen molar-refractivity contribution in [2.45, 2.75) is 31.8 Å². The predicted octanol–water partition coefficient (Wildman–Crippen LogP) is 1.67. The van der Waals surface area contributed by atoms with Crippen molar-refractivity contribution in [2.75, 3.05) is 6.54 Å². The third kappa shape index (κ3) is 2.34. The van der Waals surface area contributed by atoms with E-state index in [-0.39, 0.29) is 11.5 Å². The van der Waals surface area contributed by atoms with E-state index in [1.165, 1.54) is 0 Å². The van der Waals surface area contributed by atoms with Gasteiger partial charge in [0.25, 0.3) is 0 Å². The number of benzene rings is 1. The van der Waals surface area contributed by atoms with Crippen molar-refractivity contribution in [1.82, 2.24) is 0 Å². The second-order valence-corrected chi connectivity index (χ2v) is 4.18. The number of hydrogen-bond acceptors (Lipinski definition) is 2. The summed E-state index contributed by atoms with van der Waals surface area (Å²) >= 11 is 0. The summed E-state index contributed by atoms with van der Waals surface area (Å²) in [7, 11) is 0. The molecule has 0 aliphatic carbocycles. The Kier molecular flexibility index (Phi) is 3.67. The van der Waals surface area contributed by atoms with Crippen LogP contribution in [-0.4, -0.2) is 17.8 Å². The Morgan fingerprint density at radius 3 is 2.36 bits per heavy atom. The molecule has 0 saturated heterocycles. The Bertz CT molecular complexity index is 269. The Morgan fingerprint density at radius 2 is 1.86 bits per heavy atom. The lowest BCUT2D eigenvalue weighted by atomic mass is 9.78. The zero-order chi connectivity index (χ0) is 10.6. The van der Waals surface area contributed by atoms with E-state index in [1.54, 1.807) is 0 Å². The average Bonchev–Trinajstić information content (AvgIpc) is 2.19. The molecule has 0 aliphatic rings. The summed E-state index contributed by atoms with van der Waals surface area (Å²) in [5.41, 5.74) is 6.38. The molecule has 0 fully saturated rings. The van der Waals surface area contributed by atoms with Crippen LogP contribution in [0.2, 0.25) is 0 Å². The molecule has 0 heterocycles. The van der Waals surface area contributed by atoms with Crippen LogP contribution in [0, 0.1) is 0 Å². The third-order valence-electron chi connectivity index (χ3n) is 2.79. The molecule has 0 bridgehead atoms. The van der Waals surface area contributed by atoms with Crippen molar-refractivity contribution in [3.05, 3.63) is 35.9 Å². The maximum Gasteiger partial charge on any atom is 0.0643 e. The zero-order valence-corrected chi connectivity index (χ0v) is 8.90. The second kappa shape index (κ2) is 4.58. The van der Waals surface area contributed by atoms with Gasteiger partial charge in [-0.25, -0.2) is 0 Å². The van der Waals surface area contributed by atoms with Gasteiger partial charge >= 0.3 is 0 Å². The van der Waals surface area contributed by atoms with E-state index in [0.717, 1.165) is 5.56 Å². The van der Waals surface area contributed by atoms with Gasteiger partial charge in [0.2, 0.25) is 0 Å². The molecule has 1 unspecified atom stereocenters. The monoisotopic (exact) mass is 193 g/mol. The summed E-state index contributed by atoms with van der Waals surface area (Å²) in [6, 6.07) is 10.0. The standard InChI is InChI=1S/C12H19NO/c1-12(2,11(14)8-9-13)10-6-4-3-5-7-10/h3-7,11,14H,8-9,13H2,1-2H3. The van der Waals surface area contributed by atoms with Crippen molar-refractivity contribution < 1.29 is 5.11 Å². The quantitative estimate of drug-likeness (QED) is 0.764. The van der Waals surface area contributed by atoms with Crippen molar-refractivity contribution in [3.63, 3.8) is 0 Å². The lowest BCUT2D eigenvalue weighted by molar-refractivity contribution is 0.0936. The van der Waals surface area contributed by atoms with E-state index in [9.17, 15) is 5.11 Å². The molecule has 3 N–H and O–H groups in total.